The van der Waals surface area contributed by atoms with E-state index in [1.165, 1.54) is 39.5 Å². The largest absolute Gasteiger partial charge is 0.435 e. The standard InChI is InChI=1S/C29H33F4N9O3/c1-39-23(21-15-42(14-16-2-3-16)38-24(21)29(31,32)33)13-35-25(39)26(43)36-18-4-5-20(22(30)12-18)27(44)40-6-8-41(9-7-40)28(45)37-19-10-17(34)11-19/h4-5,12-13,15-17,19H,2-3,6-11,14,34H2,1H3,(H,36,43)(H,37,45). The third kappa shape index (κ3) is 6.50. The molecule has 45 heavy (non-hydrogen) atoms. The number of piperazine rings is 1. The third-order valence-electron chi connectivity index (χ3n) is 8.45. The van der Waals surface area contributed by atoms with Crippen molar-refractivity contribution >= 4 is 23.5 Å². The second kappa shape index (κ2) is 11.8. The summed E-state index contributed by atoms with van der Waals surface area (Å²) in [7, 11) is 1.41. The van der Waals surface area contributed by atoms with Gasteiger partial charge in [0, 0.05) is 63.7 Å². The monoisotopic (exact) mass is 631 g/mol. The normalized spacial score (nSPS) is 20.1. The summed E-state index contributed by atoms with van der Waals surface area (Å²) in [6, 6.07) is 3.55. The molecule has 1 aliphatic heterocycles. The molecule has 0 spiro atoms. The fourth-order valence-corrected chi connectivity index (χ4v) is 5.63. The van der Waals surface area contributed by atoms with E-state index in [2.05, 4.69) is 20.7 Å². The SMILES string of the molecule is Cn1c(-c2cn(CC3CC3)nc2C(F)(F)F)cnc1C(=O)Nc1ccc(C(=O)N2CCN(C(=O)NC3CC(N)C3)CC2)c(F)c1. The van der Waals surface area contributed by atoms with Crippen LogP contribution in [0.5, 0.6) is 0 Å². The van der Waals surface area contributed by atoms with Gasteiger partial charge in [0.15, 0.2) is 11.5 Å². The number of carbonyl (C=O) groups excluding carboxylic acids is 3. The number of nitrogens with two attached hydrogens (primary N) is 1. The molecular weight excluding hydrogens is 598 g/mol. The van der Waals surface area contributed by atoms with Crippen molar-refractivity contribution in [1.82, 2.24) is 34.4 Å². The first-order valence-corrected chi connectivity index (χ1v) is 14.7. The van der Waals surface area contributed by atoms with Crippen molar-refractivity contribution in [3.63, 3.8) is 0 Å². The lowest BCUT2D eigenvalue weighted by Gasteiger charge is -2.38. The molecule has 0 unspecified atom stereocenters. The molecule has 2 aromatic heterocycles. The van der Waals surface area contributed by atoms with E-state index in [1.807, 2.05) is 0 Å². The summed E-state index contributed by atoms with van der Waals surface area (Å²) in [5.74, 6) is -2.09. The van der Waals surface area contributed by atoms with Crippen LogP contribution in [0.15, 0.2) is 30.6 Å². The summed E-state index contributed by atoms with van der Waals surface area (Å²) >= 11 is 0. The number of amides is 4. The molecule has 0 atom stereocenters. The maximum Gasteiger partial charge on any atom is 0.435 e. The van der Waals surface area contributed by atoms with Crippen LogP contribution in [0.1, 0.15) is 52.4 Å². The fourth-order valence-electron chi connectivity index (χ4n) is 5.63. The summed E-state index contributed by atoms with van der Waals surface area (Å²) in [6.45, 7) is 1.42. The second-order valence-electron chi connectivity index (χ2n) is 11.9. The molecule has 1 aromatic carbocycles. The topological polar surface area (TPSA) is 143 Å². The Morgan fingerprint density at radius 3 is 2.38 bits per heavy atom. The lowest BCUT2D eigenvalue weighted by atomic mass is 9.88. The molecule has 4 amide bonds. The molecule has 16 heteroatoms. The number of carbonyl (C=O) groups is 3. The minimum atomic E-state index is -4.71. The van der Waals surface area contributed by atoms with Crippen molar-refractivity contribution in [3.8, 4) is 11.3 Å². The molecule has 4 N–H and O–H groups in total. The van der Waals surface area contributed by atoms with Crippen molar-refractivity contribution < 1.29 is 31.9 Å². The van der Waals surface area contributed by atoms with E-state index < -0.39 is 29.5 Å². The van der Waals surface area contributed by atoms with Crippen molar-refractivity contribution in [1.29, 1.82) is 0 Å². The van der Waals surface area contributed by atoms with E-state index in [9.17, 15) is 27.6 Å². The predicted molar refractivity (Wildman–Crippen MR) is 154 cm³/mol. The molecule has 12 nitrogen and oxygen atoms in total. The molecule has 240 valence electrons. The maximum atomic E-state index is 15.1. The highest BCUT2D eigenvalue weighted by atomic mass is 19.4. The molecule has 1 saturated heterocycles. The highest BCUT2D eigenvalue weighted by molar-refractivity contribution is 6.03. The van der Waals surface area contributed by atoms with Crippen molar-refractivity contribution in [3.05, 3.63) is 53.5 Å². The average molecular weight is 632 g/mol. The maximum absolute atomic E-state index is 15.1. The zero-order valence-corrected chi connectivity index (χ0v) is 24.5. The van der Waals surface area contributed by atoms with Crippen molar-refractivity contribution in [2.24, 2.45) is 18.7 Å². The lowest BCUT2D eigenvalue weighted by molar-refractivity contribution is -0.141. The van der Waals surface area contributed by atoms with E-state index in [0.717, 1.165) is 37.9 Å². The number of hydrogen-bond donors (Lipinski definition) is 3. The van der Waals surface area contributed by atoms with Crippen LogP contribution >= 0.6 is 0 Å². The summed E-state index contributed by atoms with van der Waals surface area (Å²) in [5.41, 5.74) is 4.38. The highest BCUT2D eigenvalue weighted by Gasteiger charge is 2.39. The number of hydrogen-bond acceptors (Lipinski definition) is 6. The third-order valence-corrected chi connectivity index (χ3v) is 8.45. The molecule has 3 heterocycles. The smallest absolute Gasteiger partial charge is 0.335 e. The minimum Gasteiger partial charge on any atom is -0.335 e. The molecular formula is C29H33F4N9O3. The van der Waals surface area contributed by atoms with Gasteiger partial charge in [0.05, 0.1) is 23.0 Å². The van der Waals surface area contributed by atoms with Gasteiger partial charge >= 0.3 is 12.2 Å². The van der Waals surface area contributed by atoms with Gasteiger partial charge in [-0.25, -0.2) is 14.2 Å². The van der Waals surface area contributed by atoms with Gasteiger partial charge in [0.25, 0.3) is 11.8 Å². The van der Waals surface area contributed by atoms with Crippen LogP contribution in [-0.4, -0.2) is 85.2 Å². The zero-order valence-electron chi connectivity index (χ0n) is 24.5. The Morgan fingerprint density at radius 1 is 1.07 bits per heavy atom. The molecule has 6 rings (SSSR count). The average Bonchev–Trinajstić information content (AvgIpc) is 3.55. The van der Waals surface area contributed by atoms with Crippen LogP contribution in [0.2, 0.25) is 0 Å². The second-order valence-corrected chi connectivity index (χ2v) is 11.9. The van der Waals surface area contributed by atoms with Crippen molar-refractivity contribution in [2.75, 3.05) is 31.5 Å². The Bertz CT molecular complexity index is 1620. The van der Waals surface area contributed by atoms with Gasteiger partial charge in [-0.1, -0.05) is 0 Å². The number of halogens is 4. The Morgan fingerprint density at radius 2 is 1.76 bits per heavy atom. The van der Waals surface area contributed by atoms with E-state index in [1.54, 1.807) is 4.90 Å². The molecule has 0 radical (unpaired) electrons. The van der Waals surface area contributed by atoms with Gasteiger partial charge in [-0.3, -0.25) is 14.3 Å². The van der Waals surface area contributed by atoms with E-state index in [4.69, 9.17) is 5.73 Å². The van der Waals surface area contributed by atoms with Gasteiger partial charge in [0.2, 0.25) is 0 Å². The van der Waals surface area contributed by atoms with Crippen LogP contribution < -0.4 is 16.4 Å². The molecule has 2 aliphatic carbocycles. The number of nitrogens with zero attached hydrogens (tertiary/aromatic N) is 6. The predicted octanol–water partition coefficient (Wildman–Crippen LogP) is 3.06. The number of rotatable bonds is 7. The fraction of sp³-hybridized carbons (Fsp3) is 0.483. The molecule has 3 fully saturated rings. The number of anilines is 1. The minimum absolute atomic E-state index is 0.0315. The van der Waals surface area contributed by atoms with Crippen molar-refractivity contribution in [2.45, 2.75) is 50.5 Å². The molecule has 3 aliphatic rings. The number of imidazole rings is 1. The summed E-state index contributed by atoms with van der Waals surface area (Å²) < 4.78 is 58.9. The quantitative estimate of drug-likeness (QED) is 0.342. The number of benzene rings is 1. The van der Waals surface area contributed by atoms with Crippen LogP contribution in [0.3, 0.4) is 0 Å². The lowest BCUT2D eigenvalue weighted by Crippen LogP contribution is -2.57. The Hall–Kier alpha value is -4.47. The van der Waals surface area contributed by atoms with Crippen LogP contribution in [-0.2, 0) is 19.8 Å². The summed E-state index contributed by atoms with van der Waals surface area (Å²) in [4.78, 5) is 45.6. The van der Waals surface area contributed by atoms with Gasteiger partial charge in [-0.15, -0.1) is 0 Å². The van der Waals surface area contributed by atoms with Crippen LogP contribution in [0, 0.1) is 11.7 Å². The molecule has 2 saturated carbocycles. The first kappa shape index (κ1) is 30.6. The van der Waals surface area contributed by atoms with Gasteiger partial charge < -0.3 is 30.7 Å². The Balaban J connectivity index is 1.09. The zero-order chi connectivity index (χ0) is 32.0. The number of alkyl halides is 3. The highest BCUT2D eigenvalue weighted by Crippen LogP contribution is 2.38. The van der Waals surface area contributed by atoms with Gasteiger partial charge in [0.1, 0.15) is 5.82 Å². The first-order chi connectivity index (χ1) is 21.4. The van der Waals surface area contributed by atoms with E-state index in [-0.39, 0.29) is 59.5 Å². The Kier molecular flexibility index (Phi) is 8.01. The Labute approximate surface area is 255 Å². The van der Waals surface area contributed by atoms with Crippen LogP contribution in [0.4, 0.5) is 28.0 Å². The number of urea groups is 1. The first-order valence-electron chi connectivity index (χ1n) is 14.7. The summed E-state index contributed by atoms with van der Waals surface area (Å²) in [5, 5.41) is 9.16. The van der Waals surface area contributed by atoms with E-state index in [0.29, 0.717) is 25.6 Å². The molecule has 0 bridgehead atoms. The van der Waals surface area contributed by atoms with E-state index >= 15 is 4.39 Å². The van der Waals surface area contributed by atoms with Crippen LogP contribution in [0.25, 0.3) is 11.3 Å². The van der Waals surface area contributed by atoms with Gasteiger partial charge in [-0.2, -0.15) is 18.3 Å². The summed E-state index contributed by atoms with van der Waals surface area (Å²) in [6.07, 6.45) is 1.12. The molecule has 3 aromatic rings. The van der Waals surface area contributed by atoms with Gasteiger partial charge in [-0.05, 0) is 49.8 Å². The number of aromatic nitrogens is 4. The number of nitrogens with one attached hydrogen (secondary N) is 2.